The predicted molar refractivity (Wildman–Crippen MR) is 93.6 cm³/mol. The molecular weight excluding hydrogens is 272 g/mol. The van der Waals surface area contributed by atoms with Crippen LogP contribution in [0.1, 0.15) is 47.5 Å². The normalized spacial score (nSPS) is 23.6. The van der Waals surface area contributed by atoms with E-state index in [1.165, 1.54) is 11.1 Å². The zero-order valence-electron chi connectivity index (χ0n) is 14.4. The lowest BCUT2D eigenvalue weighted by molar-refractivity contribution is -0.104. The van der Waals surface area contributed by atoms with Crippen LogP contribution in [-0.4, -0.2) is 17.5 Å². The van der Waals surface area contributed by atoms with Gasteiger partial charge in [-0.05, 0) is 56.3 Å². The van der Waals surface area contributed by atoms with Gasteiger partial charge in [0.25, 0.3) is 0 Å². The molecule has 0 heterocycles. The van der Waals surface area contributed by atoms with Crippen LogP contribution in [0, 0.1) is 5.41 Å². The lowest BCUT2D eigenvalue weighted by atomic mass is 9.71. The molecule has 1 rings (SSSR count). The van der Waals surface area contributed by atoms with Gasteiger partial charge in [-0.1, -0.05) is 55.4 Å². The summed E-state index contributed by atoms with van der Waals surface area (Å²) >= 11 is 0. The third kappa shape index (κ3) is 5.61. The van der Waals surface area contributed by atoms with Crippen molar-refractivity contribution in [2.45, 2.75) is 53.6 Å². The van der Waals surface area contributed by atoms with Gasteiger partial charge in [0.2, 0.25) is 0 Å². The van der Waals surface area contributed by atoms with Crippen molar-refractivity contribution in [2.24, 2.45) is 5.41 Å². The summed E-state index contributed by atoms with van der Waals surface area (Å²) in [5.74, 6) is 0. The van der Waals surface area contributed by atoms with Gasteiger partial charge in [-0.25, -0.2) is 0 Å². The molecule has 2 heteroatoms. The van der Waals surface area contributed by atoms with E-state index in [1.54, 1.807) is 6.08 Å². The van der Waals surface area contributed by atoms with E-state index in [9.17, 15) is 9.90 Å². The van der Waals surface area contributed by atoms with Crippen LogP contribution in [0.2, 0.25) is 0 Å². The van der Waals surface area contributed by atoms with Crippen molar-refractivity contribution in [1.29, 1.82) is 0 Å². The topological polar surface area (TPSA) is 37.3 Å². The summed E-state index contributed by atoms with van der Waals surface area (Å²) in [6.45, 7) is 10.4. The van der Waals surface area contributed by atoms with E-state index in [-0.39, 0.29) is 11.5 Å². The van der Waals surface area contributed by atoms with Crippen molar-refractivity contribution in [3.8, 4) is 0 Å². The molecule has 0 saturated heterocycles. The molecule has 0 aromatic rings. The Balaban J connectivity index is 2.84. The molecule has 1 aliphatic carbocycles. The fourth-order valence-corrected chi connectivity index (χ4v) is 2.96. The standard InChI is InChI=1S/C20H28O2/c1-15(7-6-8-16(2)11-12-21)9-10-19-17(3)13-18(22)14-20(19,4)5/h6-12,18,22H,13-14H2,1-5H3/b8-6+,10-9+,15-7+,16-11-. The number of rotatable bonds is 5. The second-order valence-electron chi connectivity index (χ2n) is 6.79. The molecule has 0 bridgehead atoms. The molecule has 22 heavy (non-hydrogen) atoms. The summed E-state index contributed by atoms with van der Waals surface area (Å²) < 4.78 is 0. The second kappa shape index (κ2) is 8.09. The molecule has 1 aliphatic rings. The molecule has 0 spiro atoms. The van der Waals surface area contributed by atoms with Crippen LogP contribution in [0.25, 0.3) is 0 Å². The van der Waals surface area contributed by atoms with Crippen LogP contribution in [0.5, 0.6) is 0 Å². The first-order valence-electron chi connectivity index (χ1n) is 7.79. The average Bonchev–Trinajstić information content (AvgIpc) is 2.36. The van der Waals surface area contributed by atoms with Crippen LogP contribution in [0.15, 0.2) is 58.7 Å². The van der Waals surface area contributed by atoms with E-state index in [2.05, 4.69) is 39.8 Å². The molecule has 1 N–H and O–H groups in total. The summed E-state index contributed by atoms with van der Waals surface area (Å²) in [4.78, 5) is 10.3. The maximum Gasteiger partial charge on any atom is 0.143 e. The lowest BCUT2D eigenvalue weighted by Gasteiger charge is -2.35. The fourth-order valence-electron chi connectivity index (χ4n) is 2.96. The number of aliphatic hydroxyl groups is 1. The number of carbonyl (C=O) groups is 1. The minimum atomic E-state index is -0.223. The monoisotopic (exact) mass is 300 g/mol. The number of aldehydes is 1. The average molecular weight is 300 g/mol. The fraction of sp³-hybridized carbons (Fsp3) is 0.450. The van der Waals surface area contributed by atoms with E-state index in [4.69, 9.17) is 0 Å². The molecule has 0 fully saturated rings. The van der Waals surface area contributed by atoms with E-state index < -0.39 is 0 Å². The van der Waals surface area contributed by atoms with Crippen LogP contribution < -0.4 is 0 Å². The molecule has 1 unspecified atom stereocenters. The largest absolute Gasteiger partial charge is 0.393 e. The maximum absolute atomic E-state index is 10.3. The number of carbonyl (C=O) groups excluding carboxylic acids is 1. The molecular formula is C20H28O2. The van der Waals surface area contributed by atoms with Crippen molar-refractivity contribution in [1.82, 2.24) is 0 Å². The Kier molecular flexibility index (Phi) is 6.76. The van der Waals surface area contributed by atoms with E-state index in [0.29, 0.717) is 0 Å². The third-order valence-corrected chi connectivity index (χ3v) is 4.04. The highest BCUT2D eigenvalue weighted by atomic mass is 16.3. The van der Waals surface area contributed by atoms with Gasteiger partial charge in [0.1, 0.15) is 6.29 Å². The van der Waals surface area contributed by atoms with Gasteiger partial charge in [-0.2, -0.15) is 0 Å². The summed E-state index contributed by atoms with van der Waals surface area (Å²) in [6, 6.07) is 0. The molecule has 120 valence electrons. The van der Waals surface area contributed by atoms with Gasteiger partial charge in [0.15, 0.2) is 0 Å². The minimum Gasteiger partial charge on any atom is -0.393 e. The Hall–Kier alpha value is -1.67. The van der Waals surface area contributed by atoms with Gasteiger partial charge in [-0.15, -0.1) is 0 Å². The lowest BCUT2D eigenvalue weighted by Crippen LogP contribution is -2.28. The van der Waals surface area contributed by atoms with Crippen LogP contribution >= 0.6 is 0 Å². The molecule has 0 aromatic carbocycles. The number of hydrogen-bond acceptors (Lipinski definition) is 2. The molecule has 0 saturated carbocycles. The molecule has 2 nitrogen and oxygen atoms in total. The van der Waals surface area contributed by atoms with Gasteiger partial charge in [0, 0.05) is 0 Å². The summed E-state index contributed by atoms with van der Waals surface area (Å²) in [5, 5.41) is 9.91. The molecule has 1 atom stereocenters. The maximum atomic E-state index is 10.3. The highest BCUT2D eigenvalue weighted by molar-refractivity contribution is 5.66. The molecule has 0 aliphatic heterocycles. The van der Waals surface area contributed by atoms with Crippen molar-refractivity contribution < 1.29 is 9.90 Å². The van der Waals surface area contributed by atoms with Gasteiger partial charge in [0.05, 0.1) is 6.10 Å². The zero-order valence-corrected chi connectivity index (χ0v) is 14.4. The summed E-state index contributed by atoms with van der Waals surface area (Å²) in [6.07, 6.45) is 13.9. The Morgan fingerprint density at radius 3 is 2.41 bits per heavy atom. The Morgan fingerprint density at radius 1 is 1.18 bits per heavy atom. The highest BCUT2D eigenvalue weighted by Crippen LogP contribution is 2.40. The van der Waals surface area contributed by atoms with E-state index in [1.807, 2.05) is 25.2 Å². The van der Waals surface area contributed by atoms with Gasteiger partial charge in [-0.3, -0.25) is 4.79 Å². The Labute approximate surface area is 134 Å². The van der Waals surface area contributed by atoms with E-state index in [0.717, 1.165) is 30.3 Å². The van der Waals surface area contributed by atoms with Crippen molar-refractivity contribution in [3.05, 3.63) is 58.7 Å². The zero-order chi connectivity index (χ0) is 16.8. The van der Waals surface area contributed by atoms with Crippen molar-refractivity contribution >= 4 is 6.29 Å². The van der Waals surface area contributed by atoms with Crippen LogP contribution in [0.4, 0.5) is 0 Å². The first-order chi connectivity index (χ1) is 10.3. The summed E-state index contributed by atoms with van der Waals surface area (Å²) in [5.41, 5.74) is 4.69. The van der Waals surface area contributed by atoms with E-state index >= 15 is 0 Å². The van der Waals surface area contributed by atoms with Crippen LogP contribution in [-0.2, 0) is 4.79 Å². The SMILES string of the molecule is CC1=C(/C=C/C(C)=C/C=C/C(C)=C\C=O)C(C)(C)CC(O)C1. The number of aliphatic hydroxyl groups excluding tert-OH is 1. The Bertz CT molecular complexity index is 554. The predicted octanol–water partition coefficient (Wildman–Crippen LogP) is 4.69. The molecule has 0 aromatic heterocycles. The van der Waals surface area contributed by atoms with Crippen molar-refractivity contribution in [3.63, 3.8) is 0 Å². The van der Waals surface area contributed by atoms with Crippen molar-refractivity contribution in [2.75, 3.05) is 0 Å². The van der Waals surface area contributed by atoms with Gasteiger partial charge < -0.3 is 5.11 Å². The smallest absolute Gasteiger partial charge is 0.143 e. The van der Waals surface area contributed by atoms with Gasteiger partial charge >= 0.3 is 0 Å². The van der Waals surface area contributed by atoms with Crippen LogP contribution in [0.3, 0.4) is 0 Å². The Morgan fingerprint density at radius 2 is 1.82 bits per heavy atom. The first kappa shape index (κ1) is 18.4. The highest BCUT2D eigenvalue weighted by Gasteiger charge is 2.31. The second-order valence-corrected chi connectivity index (χ2v) is 6.79. The first-order valence-corrected chi connectivity index (χ1v) is 7.79. The minimum absolute atomic E-state index is 0.0116. The summed E-state index contributed by atoms with van der Waals surface area (Å²) in [7, 11) is 0. The number of hydrogen-bond donors (Lipinski definition) is 1. The quantitative estimate of drug-likeness (QED) is 0.454. The molecule has 0 radical (unpaired) electrons. The molecule has 0 amide bonds. The number of allylic oxidation sites excluding steroid dienone is 9. The third-order valence-electron chi connectivity index (χ3n) is 4.04.